The SMILES string of the molecule is CC(C)(C)NCC1CCCN1Cc1ccc(Br)cc1Cl. The van der Waals surface area contributed by atoms with Crippen LogP contribution in [0.25, 0.3) is 0 Å². The lowest BCUT2D eigenvalue weighted by molar-refractivity contribution is 0.226. The van der Waals surface area contributed by atoms with Crippen LogP contribution in [0.3, 0.4) is 0 Å². The largest absolute Gasteiger partial charge is 0.311 e. The van der Waals surface area contributed by atoms with Crippen LogP contribution in [0, 0.1) is 0 Å². The number of halogens is 2. The van der Waals surface area contributed by atoms with Crippen LogP contribution in [0.1, 0.15) is 39.2 Å². The molecule has 4 heteroatoms. The maximum Gasteiger partial charge on any atom is 0.0462 e. The van der Waals surface area contributed by atoms with E-state index < -0.39 is 0 Å². The minimum Gasteiger partial charge on any atom is -0.311 e. The minimum absolute atomic E-state index is 0.184. The average Bonchev–Trinajstić information content (AvgIpc) is 2.77. The van der Waals surface area contributed by atoms with Crippen molar-refractivity contribution in [3.8, 4) is 0 Å². The van der Waals surface area contributed by atoms with Gasteiger partial charge in [-0.05, 0) is 57.9 Å². The maximum atomic E-state index is 6.33. The minimum atomic E-state index is 0.184. The van der Waals surface area contributed by atoms with E-state index in [4.69, 9.17) is 11.6 Å². The van der Waals surface area contributed by atoms with E-state index in [1.807, 2.05) is 6.07 Å². The molecule has 1 atom stereocenters. The normalized spacial score (nSPS) is 20.6. The second kappa shape index (κ2) is 6.78. The van der Waals surface area contributed by atoms with E-state index in [0.717, 1.165) is 22.6 Å². The van der Waals surface area contributed by atoms with Gasteiger partial charge in [0.15, 0.2) is 0 Å². The molecule has 0 aliphatic carbocycles. The fourth-order valence-electron chi connectivity index (χ4n) is 2.63. The predicted octanol–water partition coefficient (Wildman–Crippen LogP) is 4.46. The number of nitrogens with one attached hydrogen (secondary N) is 1. The summed E-state index contributed by atoms with van der Waals surface area (Å²) in [6.07, 6.45) is 2.56. The first-order chi connectivity index (χ1) is 9.35. The van der Waals surface area contributed by atoms with Crippen LogP contribution in [0.4, 0.5) is 0 Å². The Morgan fingerprint density at radius 3 is 2.80 bits per heavy atom. The van der Waals surface area contributed by atoms with E-state index in [0.29, 0.717) is 6.04 Å². The molecule has 0 bridgehead atoms. The molecule has 2 rings (SSSR count). The molecule has 2 nitrogen and oxygen atoms in total. The topological polar surface area (TPSA) is 15.3 Å². The van der Waals surface area contributed by atoms with Crippen LogP contribution in [-0.4, -0.2) is 29.6 Å². The molecule has 0 aromatic heterocycles. The number of hydrogen-bond acceptors (Lipinski definition) is 2. The quantitative estimate of drug-likeness (QED) is 0.854. The first-order valence-electron chi connectivity index (χ1n) is 7.28. The number of rotatable bonds is 4. The fourth-order valence-corrected chi connectivity index (χ4v) is 3.36. The molecule has 1 N–H and O–H groups in total. The molecular formula is C16H24BrClN2. The van der Waals surface area contributed by atoms with Crippen molar-refractivity contribution in [2.75, 3.05) is 13.1 Å². The summed E-state index contributed by atoms with van der Waals surface area (Å²) in [5.74, 6) is 0. The summed E-state index contributed by atoms with van der Waals surface area (Å²) < 4.78 is 1.04. The third kappa shape index (κ3) is 4.73. The zero-order valence-electron chi connectivity index (χ0n) is 12.5. The summed E-state index contributed by atoms with van der Waals surface area (Å²) in [5, 5.41) is 4.48. The summed E-state index contributed by atoms with van der Waals surface area (Å²) in [5.41, 5.74) is 1.40. The first-order valence-corrected chi connectivity index (χ1v) is 8.45. The third-order valence-corrected chi connectivity index (χ3v) is 4.60. The zero-order valence-corrected chi connectivity index (χ0v) is 14.9. The molecule has 0 spiro atoms. The van der Waals surface area contributed by atoms with Crippen molar-refractivity contribution in [2.45, 2.75) is 51.7 Å². The van der Waals surface area contributed by atoms with Gasteiger partial charge in [0.1, 0.15) is 0 Å². The van der Waals surface area contributed by atoms with Crippen LogP contribution in [0.15, 0.2) is 22.7 Å². The number of benzene rings is 1. The third-order valence-electron chi connectivity index (χ3n) is 3.76. The molecule has 1 heterocycles. The van der Waals surface area contributed by atoms with Gasteiger partial charge in [-0.3, -0.25) is 4.90 Å². The Kier molecular flexibility index (Phi) is 5.52. The van der Waals surface area contributed by atoms with Gasteiger partial charge < -0.3 is 5.32 Å². The molecule has 0 amide bonds. The Labute approximate surface area is 136 Å². The molecule has 112 valence electrons. The van der Waals surface area contributed by atoms with Gasteiger partial charge in [0.2, 0.25) is 0 Å². The highest BCUT2D eigenvalue weighted by molar-refractivity contribution is 9.10. The van der Waals surface area contributed by atoms with Gasteiger partial charge in [-0.15, -0.1) is 0 Å². The Bertz CT molecular complexity index is 456. The molecule has 1 aromatic carbocycles. The molecule has 0 radical (unpaired) electrons. The standard InChI is InChI=1S/C16H24BrClN2/c1-16(2,3)19-10-14-5-4-8-20(14)11-12-6-7-13(17)9-15(12)18/h6-7,9,14,19H,4-5,8,10-11H2,1-3H3. The molecule has 1 aromatic rings. The van der Waals surface area contributed by atoms with Crippen LogP contribution < -0.4 is 5.32 Å². The summed E-state index contributed by atoms with van der Waals surface area (Å²) in [4.78, 5) is 2.55. The molecule has 1 aliphatic heterocycles. The van der Waals surface area contributed by atoms with Crippen molar-refractivity contribution in [1.82, 2.24) is 10.2 Å². The summed E-state index contributed by atoms with van der Waals surface area (Å²) >= 11 is 9.79. The van der Waals surface area contributed by atoms with Crippen LogP contribution in [0.2, 0.25) is 5.02 Å². The number of nitrogens with zero attached hydrogens (tertiary/aromatic N) is 1. The number of likely N-dealkylation sites (tertiary alicyclic amines) is 1. The monoisotopic (exact) mass is 358 g/mol. The van der Waals surface area contributed by atoms with E-state index in [2.05, 4.69) is 59.1 Å². The lowest BCUT2D eigenvalue weighted by atomic mass is 10.1. The summed E-state index contributed by atoms with van der Waals surface area (Å²) in [6, 6.07) is 6.79. The van der Waals surface area contributed by atoms with Crippen molar-refractivity contribution >= 4 is 27.5 Å². The molecular weight excluding hydrogens is 336 g/mol. The van der Waals surface area contributed by atoms with E-state index >= 15 is 0 Å². The lowest BCUT2D eigenvalue weighted by Gasteiger charge is -2.29. The number of hydrogen-bond donors (Lipinski definition) is 1. The second-order valence-electron chi connectivity index (χ2n) is 6.63. The molecule has 1 aliphatic rings. The Hall–Kier alpha value is -0.0900. The van der Waals surface area contributed by atoms with Gasteiger partial charge in [0, 0.05) is 34.2 Å². The highest BCUT2D eigenvalue weighted by Crippen LogP contribution is 2.26. The van der Waals surface area contributed by atoms with E-state index in [1.165, 1.54) is 24.9 Å². The zero-order chi connectivity index (χ0) is 14.8. The fraction of sp³-hybridized carbons (Fsp3) is 0.625. The van der Waals surface area contributed by atoms with Gasteiger partial charge in [-0.2, -0.15) is 0 Å². The highest BCUT2D eigenvalue weighted by Gasteiger charge is 2.26. The Morgan fingerprint density at radius 1 is 1.40 bits per heavy atom. The maximum absolute atomic E-state index is 6.33. The summed E-state index contributed by atoms with van der Waals surface area (Å²) in [6.45, 7) is 9.83. The molecule has 20 heavy (non-hydrogen) atoms. The van der Waals surface area contributed by atoms with Gasteiger partial charge in [-0.25, -0.2) is 0 Å². The van der Waals surface area contributed by atoms with Crippen molar-refractivity contribution in [1.29, 1.82) is 0 Å². The van der Waals surface area contributed by atoms with Crippen molar-refractivity contribution in [2.24, 2.45) is 0 Å². The van der Waals surface area contributed by atoms with Crippen molar-refractivity contribution in [3.63, 3.8) is 0 Å². The highest BCUT2D eigenvalue weighted by atomic mass is 79.9. The van der Waals surface area contributed by atoms with Gasteiger partial charge >= 0.3 is 0 Å². The summed E-state index contributed by atoms with van der Waals surface area (Å²) in [7, 11) is 0. The van der Waals surface area contributed by atoms with E-state index in [9.17, 15) is 0 Å². The van der Waals surface area contributed by atoms with Crippen molar-refractivity contribution in [3.05, 3.63) is 33.3 Å². The van der Waals surface area contributed by atoms with E-state index in [-0.39, 0.29) is 5.54 Å². The van der Waals surface area contributed by atoms with Crippen LogP contribution >= 0.6 is 27.5 Å². The molecule has 1 unspecified atom stereocenters. The average molecular weight is 360 g/mol. The van der Waals surface area contributed by atoms with Crippen molar-refractivity contribution < 1.29 is 0 Å². The lowest BCUT2D eigenvalue weighted by Crippen LogP contribution is -2.45. The molecule has 1 fully saturated rings. The Morgan fingerprint density at radius 2 is 2.15 bits per heavy atom. The molecule has 0 saturated carbocycles. The van der Waals surface area contributed by atoms with Crippen LogP contribution in [0.5, 0.6) is 0 Å². The molecule has 1 saturated heterocycles. The first kappa shape index (κ1) is 16.3. The Balaban J connectivity index is 1.97. The van der Waals surface area contributed by atoms with Gasteiger partial charge in [0.25, 0.3) is 0 Å². The predicted molar refractivity (Wildman–Crippen MR) is 90.3 cm³/mol. The van der Waals surface area contributed by atoms with Crippen LogP contribution in [-0.2, 0) is 6.54 Å². The van der Waals surface area contributed by atoms with Gasteiger partial charge in [0.05, 0.1) is 0 Å². The van der Waals surface area contributed by atoms with E-state index in [1.54, 1.807) is 0 Å². The van der Waals surface area contributed by atoms with Gasteiger partial charge in [-0.1, -0.05) is 33.6 Å². The second-order valence-corrected chi connectivity index (χ2v) is 7.96. The smallest absolute Gasteiger partial charge is 0.0462 e.